The molecule has 2 aromatic rings. The fourth-order valence-corrected chi connectivity index (χ4v) is 3.19. The first-order valence-corrected chi connectivity index (χ1v) is 7.97. The van der Waals surface area contributed by atoms with Crippen molar-refractivity contribution in [3.63, 3.8) is 0 Å². The monoisotopic (exact) mass is 304 g/mol. The van der Waals surface area contributed by atoms with Crippen LogP contribution in [0.25, 0.3) is 0 Å². The molecule has 0 aliphatic heterocycles. The molecule has 2 heterocycles. The minimum absolute atomic E-state index is 0.133. The molecule has 5 heteroatoms. The molecule has 0 aliphatic rings. The number of hydrogen-bond acceptors (Lipinski definition) is 4. The third kappa shape index (κ3) is 4.20. The Labute approximate surface area is 127 Å². The summed E-state index contributed by atoms with van der Waals surface area (Å²) in [5, 5.41) is 4.03. The lowest BCUT2D eigenvalue weighted by Crippen LogP contribution is -2.27. The van der Waals surface area contributed by atoms with E-state index in [1.165, 1.54) is 0 Å². The van der Waals surface area contributed by atoms with E-state index in [1.54, 1.807) is 27.6 Å². The van der Waals surface area contributed by atoms with Crippen LogP contribution in [-0.2, 0) is 17.8 Å². The number of thiophene rings is 2. The minimum atomic E-state index is 0.133. The van der Waals surface area contributed by atoms with Crippen LogP contribution >= 0.6 is 22.7 Å². The second kappa shape index (κ2) is 7.25. The summed E-state index contributed by atoms with van der Waals surface area (Å²) in [6.07, 6.45) is 0.470. The number of nitrogens with two attached hydrogens (primary N) is 1. The molecule has 2 N–H and O–H groups in total. The minimum Gasteiger partial charge on any atom is -0.341 e. The molecule has 1 amide bonds. The molecule has 0 spiro atoms. The first-order chi connectivity index (χ1) is 9.69. The molecule has 0 saturated heterocycles. The molecule has 0 unspecified atom stereocenters. The fraction of sp³-hybridized carbons (Fsp3) is 0.267. The number of amides is 1. The predicted octanol–water partition coefficient (Wildman–Crippen LogP) is 2.32. The standard InChI is InChI=1S/C15H16N2OS2/c1-17(15(18)9-14-5-3-7-19-14)10-12-8-13(20-11-12)4-2-6-16/h3,5,7-8,11H,6,9-10,16H2,1H3. The van der Waals surface area contributed by atoms with Gasteiger partial charge in [0.1, 0.15) is 0 Å². The zero-order valence-electron chi connectivity index (χ0n) is 11.3. The number of carbonyl (C=O) groups is 1. The summed E-state index contributed by atoms with van der Waals surface area (Å²) < 4.78 is 0. The van der Waals surface area contributed by atoms with E-state index in [4.69, 9.17) is 5.73 Å². The van der Waals surface area contributed by atoms with E-state index in [0.29, 0.717) is 19.5 Å². The number of hydrogen-bond donors (Lipinski definition) is 1. The average Bonchev–Trinajstić information content (AvgIpc) is 3.08. The van der Waals surface area contributed by atoms with Crippen molar-refractivity contribution in [1.82, 2.24) is 4.90 Å². The highest BCUT2D eigenvalue weighted by atomic mass is 32.1. The van der Waals surface area contributed by atoms with E-state index in [1.807, 2.05) is 36.0 Å². The summed E-state index contributed by atoms with van der Waals surface area (Å²) in [5.74, 6) is 5.97. The second-order valence-electron chi connectivity index (χ2n) is 4.33. The van der Waals surface area contributed by atoms with E-state index < -0.39 is 0 Å². The average molecular weight is 304 g/mol. The van der Waals surface area contributed by atoms with Gasteiger partial charge in [-0.05, 0) is 28.5 Å². The van der Waals surface area contributed by atoms with Gasteiger partial charge >= 0.3 is 0 Å². The van der Waals surface area contributed by atoms with Gasteiger partial charge in [0.2, 0.25) is 5.91 Å². The van der Waals surface area contributed by atoms with Gasteiger partial charge in [0.15, 0.2) is 0 Å². The van der Waals surface area contributed by atoms with Crippen LogP contribution in [0.5, 0.6) is 0 Å². The van der Waals surface area contributed by atoms with Gasteiger partial charge in [-0.2, -0.15) is 0 Å². The van der Waals surface area contributed by atoms with Crippen LogP contribution < -0.4 is 5.73 Å². The largest absolute Gasteiger partial charge is 0.341 e. The fourth-order valence-electron chi connectivity index (χ4n) is 1.72. The second-order valence-corrected chi connectivity index (χ2v) is 6.27. The molecular formula is C15H16N2OS2. The lowest BCUT2D eigenvalue weighted by atomic mass is 10.2. The Bertz CT molecular complexity index is 620. The van der Waals surface area contributed by atoms with Crippen LogP contribution in [0.2, 0.25) is 0 Å². The van der Waals surface area contributed by atoms with Crippen molar-refractivity contribution in [3.8, 4) is 11.8 Å². The topological polar surface area (TPSA) is 46.3 Å². The maximum atomic E-state index is 12.1. The third-order valence-corrected chi connectivity index (χ3v) is 4.49. The van der Waals surface area contributed by atoms with Crippen molar-refractivity contribution >= 4 is 28.6 Å². The van der Waals surface area contributed by atoms with Gasteiger partial charge in [-0.1, -0.05) is 17.9 Å². The van der Waals surface area contributed by atoms with Crippen LogP contribution in [0, 0.1) is 11.8 Å². The molecule has 0 aliphatic carbocycles. The van der Waals surface area contributed by atoms with E-state index in [0.717, 1.165) is 15.3 Å². The summed E-state index contributed by atoms with van der Waals surface area (Å²) in [6, 6.07) is 5.97. The van der Waals surface area contributed by atoms with Crippen molar-refractivity contribution in [2.45, 2.75) is 13.0 Å². The Morgan fingerprint density at radius 2 is 2.30 bits per heavy atom. The van der Waals surface area contributed by atoms with Gasteiger partial charge in [-0.15, -0.1) is 22.7 Å². The molecule has 0 radical (unpaired) electrons. The van der Waals surface area contributed by atoms with Crippen LogP contribution in [0.4, 0.5) is 0 Å². The highest BCUT2D eigenvalue weighted by molar-refractivity contribution is 7.10. The highest BCUT2D eigenvalue weighted by Gasteiger charge is 2.11. The van der Waals surface area contributed by atoms with Crippen molar-refractivity contribution in [1.29, 1.82) is 0 Å². The van der Waals surface area contributed by atoms with Crippen molar-refractivity contribution in [3.05, 3.63) is 44.3 Å². The quantitative estimate of drug-likeness (QED) is 0.881. The molecule has 0 saturated carbocycles. The third-order valence-electron chi connectivity index (χ3n) is 2.72. The molecular weight excluding hydrogens is 288 g/mol. The Kier molecular flexibility index (Phi) is 5.36. The lowest BCUT2D eigenvalue weighted by molar-refractivity contribution is -0.129. The number of likely N-dealkylation sites (N-methyl/N-ethyl adjacent to an activating group) is 1. The first-order valence-electron chi connectivity index (χ1n) is 6.21. The number of carbonyl (C=O) groups excluding carboxylic acids is 1. The Balaban J connectivity index is 1.92. The van der Waals surface area contributed by atoms with Crippen LogP contribution in [-0.4, -0.2) is 24.4 Å². The van der Waals surface area contributed by atoms with Crippen molar-refractivity contribution in [2.24, 2.45) is 5.73 Å². The Hall–Kier alpha value is -1.61. The lowest BCUT2D eigenvalue weighted by Gasteiger charge is -2.15. The molecule has 104 valence electrons. The maximum Gasteiger partial charge on any atom is 0.227 e. The SMILES string of the molecule is CN(Cc1csc(C#CCN)c1)C(=O)Cc1cccs1. The Morgan fingerprint density at radius 1 is 1.45 bits per heavy atom. The molecule has 0 bridgehead atoms. The number of rotatable bonds is 4. The zero-order valence-corrected chi connectivity index (χ0v) is 12.9. The molecule has 3 nitrogen and oxygen atoms in total. The van der Waals surface area contributed by atoms with Gasteiger partial charge < -0.3 is 10.6 Å². The molecule has 0 fully saturated rings. The Morgan fingerprint density at radius 3 is 3.00 bits per heavy atom. The van der Waals surface area contributed by atoms with Crippen LogP contribution in [0.3, 0.4) is 0 Å². The molecule has 0 aromatic carbocycles. The molecule has 2 rings (SSSR count). The highest BCUT2D eigenvalue weighted by Crippen LogP contribution is 2.16. The summed E-state index contributed by atoms with van der Waals surface area (Å²) >= 11 is 3.20. The van der Waals surface area contributed by atoms with Gasteiger partial charge in [0, 0.05) is 18.5 Å². The molecule has 20 heavy (non-hydrogen) atoms. The van der Waals surface area contributed by atoms with E-state index >= 15 is 0 Å². The normalized spacial score (nSPS) is 9.90. The molecule has 0 atom stereocenters. The summed E-state index contributed by atoms with van der Waals surface area (Å²) in [6.45, 7) is 0.984. The smallest absolute Gasteiger partial charge is 0.227 e. The van der Waals surface area contributed by atoms with E-state index in [-0.39, 0.29) is 5.91 Å². The van der Waals surface area contributed by atoms with Gasteiger partial charge in [-0.25, -0.2) is 0 Å². The summed E-state index contributed by atoms with van der Waals surface area (Å²) in [5.41, 5.74) is 6.46. The summed E-state index contributed by atoms with van der Waals surface area (Å²) in [7, 11) is 1.83. The van der Waals surface area contributed by atoms with Crippen molar-refractivity contribution < 1.29 is 4.79 Å². The molecule has 2 aromatic heterocycles. The van der Waals surface area contributed by atoms with E-state index in [9.17, 15) is 4.79 Å². The van der Waals surface area contributed by atoms with Gasteiger partial charge in [-0.3, -0.25) is 4.79 Å². The van der Waals surface area contributed by atoms with Crippen molar-refractivity contribution in [2.75, 3.05) is 13.6 Å². The van der Waals surface area contributed by atoms with Crippen LogP contribution in [0.1, 0.15) is 15.3 Å². The van der Waals surface area contributed by atoms with Gasteiger partial charge in [0.25, 0.3) is 0 Å². The van der Waals surface area contributed by atoms with E-state index in [2.05, 4.69) is 11.8 Å². The number of nitrogens with zero attached hydrogens (tertiary/aromatic N) is 1. The zero-order chi connectivity index (χ0) is 14.4. The summed E-state index contributed by atoms with van der Waals surface area (Å²) in [4.78, 5) is 15.9. The maximum absolute atomic E-state index is 12.1. The van der Waals surface area contributed by atoms with Crippen LogP contribution in [0.15, 0.2) is 29.0 Å². The predicted molar refractivity (Wildman–Crippen MR) is 84.7 cm³/mol. The first kappa shape index (κ1) is 14.8. The van der Waals surface area contributed by atoms with Gasteiger partial charge in [0.05, 0.1) is 17.8 Å².